The van der Waals surface area contributed by atoms with E-state index in [2.05, 4.69) is 10.2 Å². The van der Waals surface area contributed by atoms with Crippen LogP contribution >= 0.6 is 36.4 Å². The predicted molar refractivity (Wildman–Crippen MR) is 85.7 cm³/mol. The molecule has 0 spiro atoms. The third-order valence-electron chi connectivity index (χ3n) is 4.06. The Hall–Kier alpha value is -0.0600. The molecule has 3 heterocycles. The summed E-state index contributed by atoms with van der Waals surface area (Å²) in [4.78, 5) is 2.34. The highest BCUT2D eigenvalue weighted by Gasteiger charge is 2.29. The Balaban J connectivity index is 0.000001000. The van der Waals surface area contributed by atoms with Gasteiger partial charge in [0, 0.05) is 36.3 Å². The monoisotopic (exact) mass is 340 g/mol. The van der Waals surface area contributed by atoms with Crippen molar-refractivity contribution in [2.75, 3.05) is 19.6 Å². The number of hydrogen-bond acceptors (Lipinski definition) is 2. The number of rotatable bonds is 2. The zero-order valence-corrected chi connectivity index (χ0v) is 13.5. The molecule has 3 fully saturated rings. The largest absolute Gasteiger partial charge is 0.312 e. The van der Waals surface area contributed by atoms with Crippen LogP contribution in [0.2, 0.25) is 5.02 Å². The lowest BCUT2D eigenvalue weighted by Crippen LogP contribution is -2.39. The molecular weight excluding hydrogens is 322 g/mol. The highest BCUT2D eigenvalue weighted by molar-refractivity contribution is 6.31. The van der Waals surface area contributed by atoms with Crippen molar-refractivity contribution in [1.29, 1.82) is 0 Å². The first-order chi connectivity index (χ1) is 8.72. The molecule has 0 aliphatic carbocycles. The van der Waals surface area contributed by atoms with Crippen LogP contribution in [0.4, 0.5) is 4.39 Å². The van der Waals surface area contributed by atoms with Crippen molar-refractivity contribution in [3.05, 3.63) is 34.6 Å². The summed E-state index contributed by atoms with van der Waals surface area (Å²) in [7, 11) is 0. The van der Waals surface area contributed by atoms with Crippen LogP contribution in [0.1, 0.15) is 18.4 Å². The van der Waals surface area contributed by atoms with Gasteiger partial charge in [-0.2, -0.15) is 0 Å². The summed E-state index contributed by atoms with van der Waals surface area (Å²) in [6.07, 6.45) is 2.53. The van der Waals surface area contributed by atoms with E-state index in [0.717, 1.165) is 19.6 Å². The van der Waals surface area contributed by atoms with E-state index in [9.17, 15) is 4.39 Å². The quantitative estimate of drug-likeness (QED) is 0.885. The van der Waals surface area contributed by atoms with Gasteiger partial charge in [0.25, 0.3) is 0 Å². The summed E-state index contributed by atoms with van der Waals surface area (Å²) in [6.45, 7) is 3.78. The normalized spacial score (nSPS) is 25.5. The number of nitrogens with one attached hydrogen (secondary N) is 1. The maximum Gasteiger partial charge on any atom is 0.129 e. The smallest absolute Gasteiger partial charge is 0.129 e. The first-order valence-corrected chi connectivity index (χ1v) is 6.99. The molecule has 114 valence electrons. The molecule has 0 saturated carbocycles. The van der Waals surface area contributed by atoms with Crippen molar-refractivity contribution in [3.8, 4) is 0 Å². The Morgan fingerprint density at radius 3 is 2.70 bits per heavy atom. The Kier molecular flexibility index (Phi) is 7.02. The van der Waals surface area contributed by atoms with Gasteiger partial charge in [0.15, 0.2) is 0 Å². The molecule has 0 unspecified atom stereocenters. The average Bonchev–Trinajstić information content (AvgIpc) is 2.66. The minimum Gasteiger partial charge on any atom is -0.312 e. The molecule has 20 heavy (non-hydrogen) atoms. The van der Waals surface area contributed by atoms with E-state index in [4.69, 9.17) is 11.6 Å². The highest BCUT2D eigenvalue weighted by Crippen LogP contribution is 2.25. The molecule has 1 aromatic rings. The molecule has 0 aromatic heterocycles. The van der Waals surface area contributed by atoms with E-state index in [1.807, 2.05) is 0 Å². The number of halogens is 4. The Morgan fingerprint density at radius 2 is 2.05 bits per heavy atom. The first-order valence-electron chi connectivity index (χ1n) is 6.61. The minimum atomic E-state index is -0.188. The van der Waals surface area contributed by atoms with Gasteiger partial charge >= 0.3 is 0 Å². The molecule has 3 saturated heterocycles. The van der Waals surface area contributed by atoms with E-state index in [1.165, 1.54) is 18.9 Å². The SMILES string of the molecule is Cl.Cl.Fc1cccc(Cl)c1CN1C[C@H]2CC[C@@H](C1)NC2. The number of nitrogens with zero attached hydrogens (tertiary/aromatic N) is 1. The van der Waals surface area contributed by atoms with Crippen LogP contribution < -0.4 is 5.32 Å². The van der Waals surface area contributed by atoms with Crippen LogP contribution in [0, 0.1) is 11.7 Å². The fraction of sp³-hybridized carbons (Fsp3) is 0.571. The molecule has 4 rings (SSSR count). The minimum absolute atomic E-state index is 0. The Bertz CT molecular complexity index is 402. The van der Waals surface area contributed by atoms with E-state index in [1.54, 1.807) is 12.1 Å². The third-order valence-corrected chi connectivity index (χ3v) is 4.41. The van der Waals surface area contributed by atoms with Gasteiger partial charge in [0.05, 0.1) is 0 Å². The lowest BCUT2D eigenvalue weighted by Gasteiger charge is -2.23. The van der Waals surface area contributed by atoms with Gasteiger partial charge in [0.2, 0.25) is 0 Å². The topological polar surface area (TPSA) is 15.3 Å². The molecule has 1 N–H and O–H groups in total. The summed E-state index contributed by atoms with van der Waals surface area (Å²) < 4.78 is 13.8. The van der Waals surface area contributed by atoms with E-state index >= 15 is 0 Å². The van der Waals surface area contributed by atoms with Gasteiger partial charge in [-0.05, 0) is 37.4 Å². The van der Waals surface area contributed by atoms with Gasteiger partial charge in [-0.1, -0.05) is 17.7 Å². The zero-order valence-electron chi connectivity index (χ0n) is 11.1. The summed E-state index contributed by atoms with van der Waals surface area (Å²) >= 11 is 6.10. The van der Waals surface area contributed by atoms with Crippen LogP contribution in [-0.2, 0) is 6.54 Å². The fourth-order valence-corrected chi connectivity index (χ4v) is 3.30. The number of hydrogen-bond donors (Lipinski definition) is 1. The average molecular weight is 342 g/mol. The Labute approximate surface area is 136 Å². The summed E-state index contributed by atoms with van der Waals surface area (Å²) in [5.74, 6) is 0.515. The molecule has 2 bridgehead atoms. The van der Waals surface area contributed by atoms with Gasteiger partial charge < -0.3 is 5.32 Å². The van der Waals surface area contributed by atoms with Crippen LogP contribution in [0.25, 0.3) is 0 Å². The van der Waals surface area contributed by atoms with Gasteiger partial charge in [-0.15, -0.1) is 24.8 Å². The fourth-order valence-electron chi connectivity index (χ4n) is 3.07. The van der Waals surface area contributed by atoms with Crippen molar-refractivity contribution < 1.29 is 4.39 Å². The van der Waals surface area contributed by atoms with Crippen molar-refractivity contribution in [2.24, 2.45) is 5.92 Å². The molecule has 2 atom stereocenters. The van der Waals surface area contributed by atoms with Crippen LogP contribution in [-0.4, -0.2) is 30.6 Å². The van der Waals surface area contributed by atoms with Crippen LogP contribution in [0.5, 0.6) is 0 Å². The second-order valence-electron chi connectivity index (χ2n) is 5.44. The third kappa shape index (κ3) is 3.99. The van der Waals surface area contributed by atoms with Gasteiger partial charge in [-0.25, -0.2) is 4.39 Å². The van der Waals surface area contributed by atoms with Crippen molar-refractivity contribution in [1.82, 2.24) is 10.2 Å². The number of fused-ring (bicyclic) bond motifs is 4. The highest BCUT2D eigenvalue weighted by atomic mass is 35.5. The van der Waals surface area contributed by atoms with Crippen LogP contribution in [0.15, 0.2) is 18.2 Å². The van der Waals surface area contributed by atoms with Crippen molar-refractivity contribution in [2.45, 2.75) is 25.4 Å². The number of benzene rings is 1. The second kappa shape index (κ2) is 7.81. The molecule has 3 aliphatic rings. The molecule has 0 amide bonds. The molecule has 3 aliphatic heterocycles. The van der Waals surface area contributed by atoms with Gasteiger partial charge in [0.1, 0.15) is 5.82 Å². The second-order valence-corrected chi connectivity index (χ2v) is 5.85. The maximum atomic E-state index is 13.8. The van der Waals surface area contributed by atoms with E-state index in [-0.39, 0.29) is 30.6 Å². The maximum absolute atomic E-state index is 13.8. The summed E-state index contributed by atoms with van der Waals surface area (Å²) in [6, 6.07) is 5.49. The molecule has 2 nitrogen and oxygen atoms in total. The van der Waals surface area contributed by atoms with Crippen LogP contribution in [0.3, 0.4) is 0 Å². The molecule has 0 radical (unpaired) electrons. The van der Waals surface area contributed by atoms with E-state index < -0.39 is 0 Å². The molecular formula is C14H20Cl3FN2. The summed E-state index contributed by atoms with van der Waals surface area (Å²) in [5.41, 5.74) is 0.639. The molecule has 1 aromatic carbocycles. The summed E-state index contributed by atoms with van der Waals surface area (Å²) in [5, 5.41) is 4.10. The zero-order chi connectivity index (χ0) is 12.5. The lowest BCUT2D eigenvalue weighted by molar-refractivity contribution is 0.252. The predicted octanol–water partition coefficient (Wildman–Crippen LogP) is 3.51. The molecule has 6 heteroatoms. The number of piperidine rings is 1. The van der Waals surface area contributed by atoms with E-state index in [0.29, 0.717) is 29.1 Å². The van der Waals surface area contributed by atoms with Gasteiger partial charge in [-0.3, -0.25) is 4.90 Å². The van der Waals surface area contributed by atoms with Crippen molar-refractivity contribution >= 4 is 36.4 Å². The first kappa shape index (κ1) is 18.0. The lowest BCUT2D eigenvalue weighted by atomic mass is 9.97. The standard InChI is InChI=1S/C14H18ClFN2.2ClH/c15-13-2-1-3-14(16)12(13)9-18-7-10-4-5-11(8-18)17-6-10;;/h1-3,10-11,17H,4-9H2;2*1H/t10-,11-;;/m0../s1. The Morgan fingerprint density at radius 1 is 1.25 bits per heavy atom. The van der Waals surface area contributed by atoms with Crippen molar-refractivity contribution in [3.63, 3.8) is 0 Å².